The maximum Gasteiger partial charge on any atom is 0.353 e. The van der Waals surface area contributed by atoms with Crippen LogP contribution in [0.25, 0.3) is 22.0 Å². The Labute approximate surface area is 249 Å². The summed E-state index contributed by atoms with van der Waals surface area (Å²) < 4.78 is 36.1. The number of carboxylic acid groups (broad SMARTS) is 1. The van der Waals surface area contributed by atoms with Crippen molar-refractivity contribution in [2.24, 2.45) is 7.05 Å². The van der Waals surface area contributed by atoms with Gasteiger partial charge in [-0.2, -0.15) is 0 Å². The van der Waals surface area contributed by atoms with Gasteiger partial charge in [-0.05, 0) is 81.6 Å². The topological polar surface area (TPSA) is 128 Å². The summed E-state index contributed by atoms with van der Waals surface area (Å²) in [6, 6.07) is 18.0. The molecule has 0 amide bonds. The van der Waals surface area contributed by atoms with Gasteiger partial charge in [-0.15, -0.1) is 0 Å². The summed E-state index contributed by atoms with van der Waals surface area (Å²) in [4.78, 5) is 25.9. The van der Waals surface area contributed by atoms with Crippen molar-refractivity contribution in [3.8, 4) is 22.6 Å². The van der Waals surface area contributed by atoms with Crippen molar-refractivity contribution in [1.82, 2.24) is 8.54 Å². The summed E-state index contributed by atoms with van der Waals surface area (Å²) in [5, 5.41) is 21.1. The highest BCUT2D eigenvalue weighted by Gasteiger charge is 2.31. The lowest BCUT2D eigenvalue weighted by Gasteiger charge is -2.22. The maximum atomic E-state index is 13.9. The molecule has 0 aliphatic heterocycles. The second-order valence-electron chi connectivity index (χ2n) is 11.2. The molecule has 43 heavy (non-hydrogen) atoms. The van der Waals surface area contributed by atoms with Crippen LogP contribution in [0.2, 0.25) is 0 Å². The maximum absolute atomic E-state index is 13.9. The third-order valence-corrected chi connectivity index (χ3v) is 9.20. The van der Waals surface area contributed by atoms with Crippen molar-refractivity contribution in [3.05, 3.63) is 111 Å². The lowest BCUT2D eigenvalue weighted by atomic mass is 9.93. The molecule has 0 fully saturated rings. The highest BCUT2D eigenvalue weighted by Crippen LogP contribution is 2.41. The van der Waals surface area contributed by atoms with E-state index in [0.29, 0.717) is 32.2 Å². The summed E-state index contributed by atoms with van der Waals surface area (Å²) in [7, 11) is -3.04. The van der Waals surface area contributed by atoms with Gasteiger partial charge < -0.3 is 19.5 Å². The molecule has 0 bridgehead atoms. The van der Waals surface area contributed by atoms with Crippen LogP contribution in [0.3, 0.4) is 0 Å². The molecular formula is C33H32N2O7S. The van der Waals surface area contributed by atoms with Gasteiger partial charge in [-0.25, -0.2) is 17.2 Å². The van der Waals surface area contributed by atoms with E-state index in [4.69, 9.17) is 4.74 Å². The Kier molecular flexibility index (Phi) is 7.32. The standard InChI is InChI=1S/C33H32N2O7S/c1-19-10-13-23(14-11-19)43(40,41)35-27(32(37)38)17-25-26(18-34(6)31(36)29(25)35)24-16-22(33(4,5)39)12-15-28(24)42-30-20(2)8-7-9-21(30)3/h7-18,39H,1-6H3,(H,37,38). The average molecular weight is 601 g/mol. The molecule has 0 aliphatic carbocycles. The monoisotopic (exact) mass is 600 g/mol. The molecule has 0 saturated heterocycles. The largest absolute Gasteiger partial charge is 0.477 e. The molecular weight excluding hydrogens is 568 g/mol. The second kappa shape index (κ2) is 10.6. The van der Waals surface area contributed by atoms with E-state index in [1.54, 1.807) is 51.1 Å². The highest BCUT2D eigenvalue weighted by molar-refractivity contribution is 7.90. The van der Waals surface area contributed by atoms with Crippen molar-refractivity contribution in [3.63, 3.8) is 0 Å². The van der Waals surface area contributed by atoms with Crippen molar-refractivity contribution >= 4 is 26.9 Å². The molecule has 5 rings (SSSR count). The molecule has 3 aromatic carbocycles. The molecule has 0 unspecified atom stereocenters. The van der Waals surface area contributed by atoms with Gasteiger partial charge in [0.2, 0.25) is 0 Å². The van der Waals surface area contributed by atoms with Gasteiger partial charge in [0, 0.05) is 29.8 Å². The van der Waals surface area contributed by atoms with Gasteiger partial charge in [-0.1, -0.05) is 42.0 Å². The van der Waals surface area contributed by atoms with Crippen molar-refractivity contribution in [2.75, 3.05) is 0 Å². The first-order chi connectivity index (χ1) is 20.1. The number of aliphatic hydroxyl groups is 1. The number of para-hydroxylation sites is 1. The third kappa shape index (κ3) is 5.24. The summed E-state index contributed by atoms with van der Waals surface area (Å²) in [6.45, 7) is 8.87. The zero-order valence-electron chi connectivity index (χ0n) is 24.7. The molecule has 2 N–H and O–H groups in total. The van der Waals surface area contributed by atoms with Crippen LogP contribution in [0.15, 0.2) is 82.6 Å². The molecule has 2 aromatic heterocycles. The van der Waals surface area contributed by atoms with E-state index in [9.17, 15) is 28.2 Å². The Morgan fingerprint density at radius 3 is 2.12 bits per heavy atom. The lowest BCUT2D eigenvalue weighted by Crippen LogP contribution is -2.25. The molecule has 5 aromatic rings. The fraction of sp³-hybridized carbons (Fsp3) is 0.212. The number of fused-ring (bicyclic) bond motifs is 1. The predicted molar refractivity (Wildman–Crippen MR) is 165 cm³/mol. The van der Waals surface area contributed by atoms with Gasteiger partial charge in [0.15, 0.2) is 0 Å². The second-order valence-corrected chi connectivity index (χ2v) is 13.0. The normalized spacial score (nSPS) is 12.1. The molecule has 0 spiro atoms. The minimum absolute atomic E-state index is 0.107. The first kappa shape index (κ1) is 29.8. The van der Waals surface area contributed by atoms with Crippen LogP contribution in [0, 0.1) is 20.8 Å². The van der Waals surface area contributed by atoms with Gasteiger partial charge in [0.1, 0.15) is 22.7 Å². The molecule has 0 radical (unpaired) electrons. The minimum Gasteiger partial charge on any atom is -0.477 e. The molecule has 0 saturated carbocycles. The number of benzene rings is 3. The van der Waals surface area contributed by atoms with E-state index in [1.807, 2.05) is 32.0 Å². The first-order valence-corrected chi connectivity index (χ1v) is 15.0. The Morgan fingerprint density at radius 1 is 0.907 bits per heavy atom. The number of aromatic nitrogens is 2. The molecule has 10 heteroatoms. The van der Waals surface area contributed by atoms with Gasteiger partial charge in [0.25, 0.3) is 15.6 Å². The van der Waals surface area contributed by atoms with Crippen LogP contribution in [0.4, 0.5) is 0 Å². The van der Waals surface area contributed by atoms with Crippen molar-refractivity contribution < 1.29 is 28.2 Å². The Morgan fingerprint density at radius 2 is 1.53 bits per heavy atom. The lowest BCUT2D eigenvalue weighted by molar-refractivity contribution is 0.0689. The highest BCUT2D eigenvalue weighted by atomic mass is 32.2. The first-order valence-electron chi connectivity index (χ1n) is 13.5. The fourth-order valence-electron chi connectivity index (χ4n) is 5.10. The molecule has 0 aliphatic rings. The number of hydrogen-bond donors (Lipinski definition) is 2. The average Bonchev–Trinajstić information content (AvgIpc) is 3.35. The quantitative estimate of drug-likeness (QED) is 0.239. The van der Waals surface area contributed by atoms with E-state index in [1.165, 1.54) is 36.0 Å². The van der Waals surface area contributed by atoms with E-state index >= 15 is 0 Å². The molecule has 222 valence electrons. The van der Waals surface area contributed by atoms with Crippen LogP contribution in [0.5, 0.6) is 11.5 Å². The van der Waals surface area contributed by atoms with E-state index in [-0.39, 0.29) is 15.8 Å². The summed E-state index contributed by atoms with van der Waals surface area (Å²) in [6.07, 6.45) is 1.51. The number of aryl methyl sites for hydroxylation is 4. The van der Waals surface area contributed by atoms with E-state index in [2.05, 4.69) is 0 Å². The summed E-state index contributed by atoms with van der Waals surface area (Å²) in [5.41, 5.74) is 1.05. The van der Waals surface area contributed by atoms with Crippen LogP contribution in [-0.4, -0.2) is 33.1 Å². The van der Waals surface area contributed by atoms with Gasteiger partial charge in [0.05, 0.1) is 10.5 Å². The fourth-order valence-corrected chi connectivity index (χ4v) is 6.60. The third-order valence-electron chi connectivity index (χ3n) is 7.47. The number of hydrogen-bond acceptors (Lipinski definition) is 6. The Bertz CT molecular complexity index is 2060. The number of carbonyl (C=O) groups is 1. The summed E-state index contributed by atoms with van der Waals surface area (Å²) in [5.74, 6) is -0.528. The molecule has 2 heterocycles. The van der Waals surface area contributed by atoms with Crippen LogP contribution in [0.1, 0.15) is 46.6 Å². The number of aromatic carboxylic acids is 1. The SMILES string of the molecule is Cc1ccc(S(=O)(=O)n2c(C(=O)O)cc3c(-c4cc(C(C)(C)O)ccc4Oc4c(C)cccc4C)cn(C)c(=O)c32)cc1. The number of nitrogens with zero attached hydrogens (tertiary/aromatic N) is 2. The summed E-state index contributed by atoms with van der Waals surface area (Å²) >= 11 is 0. The number of rotatable bonds is 7. The molecule has 9 nitrogen and oxygen atoms in total. The zero-order valence-corrected chi connectivity index (χ0v) is 25.5. The Balaban J connectivity index is 1.88. The van der Waals surface area contributed by atoms with Gasteiger partial charge >= 0.3 is 5.97 Å². The van der Waals surface area contributed by atoms with Crippen LogP contribution in [-0.2, 0) is 22.7 Å². The van der Waals surface area contributed by atoms with E-state index in [0.717, 1.165) is 16.7 Å². The van der Waals surface area contributed by atoms with Crippen LogP contribution >= 0.6 is 0 Å². The zero-order chi connectivity index (χ0) is 31.4. The number of pyridine rings is 1. The van der Waals surface area contributed by atoms with E-state index < -0.39 is 32.8 Å². The number of ether oxygens (including phenoxy) is 1. The molecule has 0 atom stereocenters. The van der Waals surface area contributed by atoms with Crippen molar-refractivity contribution in [2.45, 2.75) is 45.1 Å². The smallest absolute Gasteiger partial charge is 0.353 e. The van der Waals surface area contributed by atoms with Gasteiger partial charge in [-0.3, -0.25) is 4.79 Å². The Hall–Kier alpha value is -4.67. The van der Waals surface area contributed by atoms with Crippen molar-refractivity contribution in [1.29, 1.82) is 0 Å². The number of carboxylic acids is 1. The predicted octanol–water partition coefficient (Wildman–Crippen LogP) is 5.89. The van der Waals surface area contributed by atoms with Crippen LogP contribution < -0.4 is 10.3 Å². The minimum atomic E-state index is -4.50.